The summed E-state index contributed by atoms with van der Waals surface area (Å²) in [5.41, 5.74) is 7.55. The molecule has 0 spiro atoms. The third kappa shape index (κ3) is 8.47. The normalized spacial score (nSPS) is 11.8. The molecule has 0 saturated carbocycles. The molecule has 0 aliphatic carbocycles. The van der Waals surface area contributed by atoms with Gasteiger partial charge in [-0.25, -0.2) is 0 Å². The Morgan fingerprint density at radius 3 is 1.70 bits per heavy atom. The van der Waals surface area contributed by atoms with Crippen molar-refractivity contribution in [2.75, 3.05) is 19.8 Å². The van der Waals surface area contributed by atoms with Crippen LogP contribution in [0.3, 0.4) is 0 Å². The van der Waals surface area contributed by atoms with Crippen molar-refractivity contribution in [1.29, 1.82) is 0 Å². The lowest BCUT2D eigenvalue weighted by atomic mass is 9.93. The van der Waals surface area contributed by atoms with E-state index in [2.05, 4.69) is 24.3 Å². The number of nitrogens with two attached hydrogens (primary N) is 1. The van der Waals surface area contributed by atoms with Gasteiger partial charge >= 0.3 is 0 Å². The molecule has 1 rings (SSSR count). The highest BCUT2D eigenvalue weighted by Gasteiger charge is 2.22. The van der Waals surface area contributed by atoms with Crippen molar-refractivity contribution in [3.8, 4) is 0 Å². The Bertz CT molecular complexity index is 402. The first-order valence-corrected chi connectivity index (χ1v) is 8.83. The average Bonchev–Trinajstić information content (AvgIpc) is 2.60. The highest BCUT2D eigenvalue weighted by molar-refractivity contribution is 5.23. The lowest BCUT2D eigenvalue weighted by Crippen LogP contribution is -2.47. The van der Waals surface area contributed by atoms with Crippen molar-refractivity contribution in [2.45, 2.75) is 63.3 Å². The summed E-state index contributed by atoms with van der Waals surface area (Å²) in [5, 5.41) is 27.1. The molecule has 0 heterocycles. The highest BCUT2D eigenvalue weighted by atomic mass is 16.3. The summed E-state index contributed by atoms with van der Waals surface area (Å²) < 4.78 is 0. The molecule has 23 heavy (non-hydrogen) atoms. The molecule has 1 aromatic carbocycles. The minimum absolute atomic E-state index is 0.195. The predicted molar refractivity (Wildman–Crippen MR) is 94.3 cm³/mol. The molecule has 0 radical (unpaired) electrons. The fraction of sp³-hybridized carbons (Fsp3) is 0.684. The van der Waals surface area contributed by atoms with Crippen LogP contribution in [0.5, 0.6) is 0 Å². The fourth-order valence-corrected chi connectivity index (χ4v) is 2.62. The van der Waals surface area contributed by atoms with Gasteiger partial charge in [0.15, 0.2) is 0 Å². The number of aliphatic hydroxyl groups is 3. The zero-order chi connectivity index (χ0) is 17.0. The van der Waals surface area contributed by atoms with E-state index in [-0.39, 0.29) is 13.2 Å². The van der Waals surface area contributed by atoms with Crippen molar-refractivity contribution >= 4 is 0 Å². The Hall–Kier alpha value is -0.940. The molecule has 0 aliphatic heterocycles. The molecule has 4 heteroatoms. The van der Waals surface area contributed by atoms with Gasteiger partial charge < -0.3 is 21.1 Å². The lowest BCUT2D eigenvalue weighted by Gasteiger charge is -2.24. The van der Waals surface area contributed by atoms with Gasteiger partial charge in [0.25, 0.3) is 0 Å². The van der Waals surface area contributed by atoms with Crippen molar-refractivity contribution in [2.24, 2.45) is 5.73 Å². The summed E-state index contributed by atoms with van der Waals surface area (Å²) in [5.74, 6) is 0. The minimum Gasteiger partial charge on any atom is -0.396 e. The third-order valence-corrected chi connectivity index (χ3v) is 4.44. The molecule has 0 fully saturated rings. The Labute approximate surface area is 140 Å². The number of aliphatic hydroxyl groups excluding tert-OH is 3. The van der Waals surface area contributed by atoms with Crippen LogP contribution in [-0.2, 0) is 12.8 Å². The Kier molecular flexibility index (Phi) is 10.1. The van der Waals surface area contributed by atoms with E-state index in [1.165, 1.54) is 36.8 Å². The van der Waals surface area contributed by atoms with Crippen LogP contribution in [0, 0.1) is 0 Å². The second-order valence-electron chi connectivity index (χ2n) is 6.59. The topological polar surface area (TPSA) is 86.7 Å². The Morgan fingerprint density at radius 2 is 1.17 bits per heavy atom. The molecular formula is C19H33NO3. The van der Waals surface area contributed by atoms with Gasteiger partial charge in [-0.2, -0.15) is 0 Å². The summed E-state index contributed by atoms with van der Waals surface area (Å²) >= 11 is 0. The monoisotopic (exact) mass is 323 g/mol. The minimum atomic E-state index is -0.880. The molecule has 0 aromatic heterocycles. The van der Waals surface area contributed by atoms with Gasteiger partial charge in [0.2, 0.25) is 0 Å². The number of hydrogen-bond acceptors (Lipinski definition) is 4. The number of rotatable bonds is 13. The fourth-order valence-electron chi connectivity index (χ4n) is 2.62. The first kappa shape index (κ1) is 20.1. The molecule has 0 atom stereocenters. The van der Waals surface area contributed by atoms with Crippen LogP contribution >= 0.6 is 0 Å². The highest BCUT2D eigenvalue weighted by Crippen LogP contribution is 2.14. The first-order valence-electron chi connectivity index (χ1n) is 8.83. The molecule has 4 nitrogen and oxygen atoms in total. The zero-order valence-corrected chi connectivity index (χ0v) is 14.2. The maximum Gasteiger partial charge on any atom is 0.0633 e. The molecule has 0 saturated heterocycles. The van der Waals surface area contributed by atoms with E-state index >= 15 is 0 Å². The smallest absolute Gasteiger partial charge is 0.0633 e. The number of benzene rings is 1. The van der Waals surface area contributed by atoms with Crippen LogP contribution < -0.4 is 5.73 Å². The Balaban J connectivity index is 2.23. The van der Waals surface area contributed by atoms with Gasteiger partial charge in [0.05, 0.1) is 18.8 Å². The number of aryl methyl sites for hydroxylation is 2. The van der Waals surface area contributed by atoms with Crippen LogP contribution in [0.1, 0.15) is 56.1 Å². The Morgan fingerprint density at radius 1 is 0.696 bits per heavy atom. The molecule has 0 amide bonds. The molecule has 0 bridgehead atoms. The SMILES string of the molecule is NC(CO)(CO)CCc1ccc(CCCCCCCCO)cc1. The average molecular weight is 323 g/mol. The molecule has 132 valence electrons. The third-order valence-electron chi connectivity index (χ3n) is 4.44. The van der Waals surface area contributed by atoms with Gasteiger partial charge in [0, 0.05) is 6.61 Å². The van der Waals surface area contributed by atoms with Crippen molar-refractivity contribution in [3.63, 3.8) is 0 Å². The summed E-state index contributed by atoms with van der Waals surface area (Å²) in [6.07, 6.45) is 9.43. The largest absolute Gasteiger partial charge is 0.396 e. The van der Waals surface area contributed by atoms with Gasteiger partial charge in [0.1, 0.15) is 0 Å². The van der Waals surface area contributed by atoms with Crippen molar-refractivity contribution < 1.29 is 15.3 Å². The number of unbranched alkanes of at least 4 members (excludes halogenated alkanes) is 5. The van der Waals surface area contributed by atoms with Crippen molar-refractivity contribution in [3.05, 3.63) is 35.4 Å². The maximum absolute atomic E-state index is 9.20. The van der Waals surface area contributed by atoms with Gasteiger partial charge in [-0.1, -0.05) is 49.9 Å². The van der Waals surface area contributed by atoms with E-state index in [9.17, 15) is 10.2 Å². The number of hydrogen-bond donors (Lipinski definition) is 4. The summed E-state index contributed by atoms with van der Waals surface area (Å²) in [6.45, 7) is -0.0754. The zero-order valence-electron chi connectivity index (χ0n) is 14.2. The van der Waals surface area contributed by atoms with Crippen LogP contribution in [-0.4, -0.2) is 40.7 Å². The maximum atomic E-state index is 9.20. The van der Waals surface area contributed by atoms with Gasteiger partial charge in [-0.15, -0.1) is 0 Å². The van der Waals surface area contributed by atoms with Crippen LogP contribution in [0.15, 0.2) is 24.3 Å². The van der Waals surface area contributed by atoms with Crippen molar-refractivity contribution in [1.82, 2.24) is 0 Å². The van der Waals surface area contributed by atoms with E-state index in [4.69, 9.17) is 10.8 Å². The van der Waals surface area contributed by atoms with Crippen LogP contribution in [0.4, 0.5) is 0 Å². The van der Waals surface area contributed by atoms with E-state index in [0.29, 0.717) is 13.0 Å². The molecule has 5 N–H and O–H groups in total. The summed E-state index contributed by atoms with van der Waals surface area (Å²) in [6, 6.07) is 8.56. The van der Waals surface area contributed by atoms with E-state index in [1.54, 1.807) is 0 Å². The van der Waals surface area contributed by atoms with Gasteiger partial charge in [-0.05, 0) is 43.2 Å². The standard InChI is InChI=1S/C19H33NO3/c20-19(15-22,16-23)13-12-18-10-8-17(9-11-18)7-5-3-1-2-4-6-14-21/h8-11,21-23H,1-7,12-16,20H2. The molecule has 0 aliphatic rings. The summed E-state index contributed by atoms with van der Waals surface area (Å²) in [7, 11) is 0. The molecular weight excluding hydrogens is 290 g/mol. The predicted octanol–water partition coefficient (Wildman–Crippen LogP) is 2.18. The van der Waals surface area contributed by atoms with Gasteiger partial charge in [-0.3, -0.25) is 0 Å². The summed E-state index contributed by atoms with van der Waals surface area (Å²) in [4.78, 5) is 0. The second-order valence-corrected chi connectivity index (χ2v) is 6.59. The first-order chi connectivity index (χ1) is 11.1. The van der Waals surface area contributed by atoms with E-state index in [1.807, 2.05) is 0 Å². The quantitative estimate of drug-likeness (QED) is 0.419. The second kappa shape index (κ2) is 11.6. The molecule has 1 aromatic rings. The van der Waals surface area contributed by atoms with Crippen LogP contribution in [0.25, 0.3) is 0 Å². The molecule has 0 unspecified atom stereocenters. The van der Waals surface area contributed by atoms with Crippen LogP contribution in [0.2, 0.25) is 0 Å². The van der Waals surface area contributed by atoms with E-state index < -0.39 is 5.54 Å². The lowest BCUT2D eigenvalue weighted by molar-refractivity contribution is 0.115. The van der Waals surface area contributed by atoms with E-state index in [0.717, 1.165) is 25.7 Å².